The topological polar surface area (TPSA) is 55.1 Å². The maximum Gasteiger partial charge on any atom is 0.227 e. The molecule has 0 aromatic heterocycles. The molecule has 1 fully saturated rings. The quantitative estimate of drug-likeness (QED) is 0.794. The summed E-state index contributed by atoms with van der Waals surface area (Å²) in [5, 5.41) is 3.45. The van der Waals surface area contributed by atoms with Gasteiger partial charge in [-0.05, 0) is 37.0 Å². The van der Waals surface area contributed by atoms with E-state index in [0.29, 0.717) is 22.3 Å². The van der Waals surface area contributed by atoms with Gasteiger partial charge in [-0.25, -0.2) is 0 Å². The SMILES string of the molecule is CC1CCCC1C(=O)Nc1cc(Cl)ccc1N. The van der Waals surface area contributed by atoms with E-state index in [1.807, 2.05) is 0 Å². The third kappa shape index (κ3) is 2.72. The monoisotopic (exact) mass is 252 g/mol. The first-order chi connectivity index (χ1) is 8.08. The lowest BCUT2D eigenvalue weighted by atomic mass is 9.97. The summed E-state index contributed by atoms with van der Waals surface area (Å²) in [6, 6.07) is 5.11. The zero-order valence-electron chi connectivity index (χ0n) is 9.87. The minimum atomic E-state index is 0.0592. The highest BCUT2D eigenvalue weighted by atomic mass is 35.5. The summed E-state index contributed by atoms with van der Waals surface area (Å²) >= 11 is 5.88. The van der Waals surface area contributed by atoms with Gasteiger partial charge in [-0.3, -0.25) is 4.79 Å². The molecule has 2 unspecified atom stereocenters. The van der Waals surface area contributed by atoms with E-state index in [0.717, 1.165) is 19.3 Å². The number of nitrogen functional groups attached to an aromatic ring is 1. The summed E-state index contributed by atoms with van der Waals surface area (Å²) < 4.78 is 0. The summed E-state index contributed by atoms with van der Waals surface area (Å²) in [6.07, 6.45) is 3.22. The molecule has 2 rings (SSSR count). The van der Waals surface area contributed by atoms with Crippen molar-refractivity contribution < 1.29 is 4.79 Å². The molecule has 17 heavy (non-hydrogen) atoms. The molecule has 1 aromatic rings. The van der Waals surface area contributed by atoms with Crippen LogP contribution < -0.4 is 11.1 Å². The summed E-state index contributed by atoms with van der Waals surface area (Å²) in [6.45, 7) is 2.12. The van der Waals surface area contributed by atoms with Crippen molar-refractivity contribution in [3.8, 4) is 0 Å². The van der Waals surface area contributed by atoms with Crippen molar-refractivity contribution in [3.05, 3.63) is 23.2 Å². The second-order valence-corrected chi connectivity index (χ2v) is 5.17. The van der Waals surface area contributed by atoms with E-state index in [-0.39, 0.29) is 11.8 Å². The molecular formula is C13H17ClN2O. The fourth-order valence-electron chi connectivity index (χ4n) is 2.40. The normalized spacial score (nSPS) is 23.6. The predicted octanol–water partition coefficient (Wildman–Crippen LogP) is 3.30. The van der Waals surface area contributed by atoms with E-state index in [1.165, 1.54) is 0 Å². The van der Waals surface area contributed by atoms with Crippen molar-refractivity contribution in [1.29, 1.82) is 0 Å². The molecule has 3 N–H and O–H groups in total. The summed E-state index contributed by atoms with van der Waals surface area (Å²) in [4.78, 5) is 12.1. The van der Waals surface area contributed by atoms with Crippen molar-refractivity contribution in [2.24, 2.45) is 11.8 Å². The largest absolute Gasteiger partial charge is 0.397 e. The Bertz CT molecular complexity index is 433. The van der Waals surface area contributed by atoms with Crippen molar-refractivity contribution in [1.82, 2.24) is 0 Å². The maximum absolute atomic E-state index is 12.1. The van der Waals surface area contributed by atoms with Crippen molar-refractivity contribution in [2.75, 3.05) is 11.1 Å². The molecule has 0 saturated heterocycles. The number of halogens is 1. The van der Waals surface area contributed by atoms with Gasteiger partial charge >= 0.3 is 0 Å². The van der Waals surface area contributed by atoms with Gasteiger partial charge < -0.3 is 11.1 Å². The van der Waals surface area contributed by atoms with E-state index in [2.05, 4.69) is 12.2 Å². The van der Waals surface area contributed by atoms with Crippen molar-refractivity contribution in [3.63, 3.8) is 0 Å². The number of anilines is 2. The summed E-state index contributed by atoms with van der Waals surface area (Å²) in [7, 11) is 0. The Morgan fingerprint density at radius 1 is 1.47 bits per heavy atom. The minimum Gasteiger partial charge on any atom is -0.397 e. The lowest BCUT2D eigenvalue weighted by molar-refractivity contribution is -0.120. The first-order valence-electron chi connectivity index (χ1n) is 5.94. The van der Waals surface area contributed by atoms with E-state index in [4.69, 9.17) is 17.3 Å². The third-order valence-electron chi connectivity index (χ3n) is 3.47. The van der Waals surface area contributed by atoms with Gasteiger partial charge in [-0.2, -0.15) is 0 Å². The number of amides is 1. The van der Waals surface area contributed by atoms with E-state index in [9.17, 15) is 4.79 Å². The first kappa shape index (κ1) is 12.2. The fraction of sp³-hybridized carbons (Fsp3) is 0.462. The smallest absolute Gasteiger partial charge is 0.227 e. The molecule has 0 aliphatic heterocycles. The van der Waals surface area contributed by atoms with E-state index >= 15 is 0 Å². The number of benzene rings is 1. The molecule has 92 valence electrons. The molecule has 3 nitrogen and oxygen atoms in total. The molecule has 1 saturated carbocycles. The number of nitrogens with two attached hydrogens (primary N) is 1. The molecule has 0 heterocycles. The summed E-state index contributed by atoms with van der Waals surface area (Å²) in [5.74, 6) is 0.618. The van der Waals surface area contributed by atoms with E-state index < -0.39 is 0 Å². The average Bonchev–Trinajstić information content (AvgIpc) is 2.70. The molecule has 0 bridgehead atoms. The van der Waals surface area contributed by atoms with Gasteiger partial charge in [0.05, 0.1) is 11.4 Å². The Morgan fingerprint density at radius 2 is 2.24 bits per heavy atom. The molecule has 1 aliphatic rings. The second-order valence-electron chi connectivity index (χ2n) is 4.74. The molecule has 4 heteroatoms. The van der Waals surface area contributed by atoms with Gasteiger partial charge in [0.1, 0.15) is 0 Å². The number of rotatable bonds is 2. The standard InChI is InChI=1S/C13H17ClN2O/c1-8-3-2-4-10(8)13(17)16-12-7-9(14)5-6-11(12)15/h5-8,10H,2-4,15H2,1H3,(H,16,17). The Kier molecular flexibility index (Phi) is 3.57. The second kappa shape index (κ2) is 4.96. The van der Waals surface area contributed by atoms with Crippen LogP contribution in [0.5, 0.6) is 0 Å². The fourth-order valence-corrected chi connectivity index (χ4v) is 2.57. The van der Waals surface area contributed by atoms with Gasteiger partial charge in [-0.1, -0.05) is 24.9 Å². The third-order valence-corrected chi connectivity index (χ3v) is 3.71. The van der Waals surface area contributed by atoms with Gasteiger partial charge in [0.25, 0.3) is 0 Å². The minimum absolute atomic E-state index is 0.0592. The van der Waals surface area contributed by atoms with Gasteiger partial charge in [0.15, 0.2) is 0 Å². The van der Waals surface area contributed by atoms with Crippen LogP contribution in [0.15, 0.2) is 18.2 Å². The number of nitrogens with one attached hydrogen (secondary N) is 1. The Balaban J connectivity index is 2.10. The molecule has 2 atom stereocenters. The molecule has 0 radical (unpaired) electrons. The van der Waals surface area contributed by atoms with Crippen molar-refractivity contribution >= 4 is 28.9 Å². The summed E-state index contributed by atoms with van der Waals surface area (Å²) in [5.41, 5.74) is 6.96. The van der Waals surface area contributed by atoms with Crippen LogP contribution in [0.2, 0.25) is 5.02 Å². The van der Waals surface area contributed by atoms with E-state index in [1.54, 1.807) is 18.2 Å². The van der Waals surface area contributed by atoms with Crippen LogP contribution in [0.4, 0.5) is 11.4 Å². The predicted molar refractivity (Wildman–Crippen MR) is 71.0 cm³/mol. The number of carbonyl (C=O) groups is 1. The number of hydrogen-bond acceptors (Lipinski definition) is 2. The van der Waals surface area contributed by atoms with Crippen LogP contribution in [-0.4, -0.2) is 5.91 Å². The van der Waals surface area contributed by atoms with Crippen LogP contribution in [0, 0.1) is 11.8 Å². The lowest BCUT2D eigenvalue weighted by Crippen LogP contribution is -2.24. The van der Waals surface area contributed by atoms with Gasteiger partial charge in [0, 0.05) is 10.9 Å². The first-order valence-corrected chi connectivity index (χ1v) is 6.31. The van der Waals surface area contributed by atoms with Crippen molar-refractivity contribution in [2.45, 2.75) is 26.2 Å². The highest BCUT2D eigenvalue weighted by molar-refractivity contribution is 6.31. The van der Waals surface area contributed by atoms with Crippen LogP contribution >= 0.6 is 11.6 Å². The van der Waals surface area contributed by atoms with Crippen LogP contribution in [-0.2, 0) is 4.79 Å². The number of carbonyl (C=O) groups excluding carboxylic acids is 1. The van der Waals surface area contributed by atoms with Gasteiger partial charge in [0.2, 0.25) is 5.91 Å². The maximum atomic E-state index is 12.1. The Labute approximate surface area is 106 Å². The average molecular weight is 253 g/mol. The zero-order chi connectivity index (χ0) is 12.4. The molecule has 1 aromatic carbocycles. The Hall–Kier alpha value is -1.22. The zero-order valence-corrected chi connectivity index (χ0v) is 10.6. The van der Waals surface area contributed by atoms with Crippen LogP contribution in [0.1, 0.15) is 26.2 Å². The molecule has 1 amide bonds. The highest BCUT2D eigenvalue weighted by Crippen LogP contribution is 2.33. The van der Waals surface area contributed by atoms with Crippen LogP contribution in [0.25, 0.3) is 0 Å². The lowest BCUT2D eigenvalue weighted by Gasteiger charge is -2.16. The molecule has 1 aliphatic carbocycles. The molecular weight excluding hydrogens is 236 g/mol. The van der Waals surface area contributed by atoms with Gasteiger partial charge in [-0.15, -0.1) is 0 Å². The van der Waals surface area contributed by atoms with Crippen LogP contribution in [0.3, 0.4) is 0 Å². The molecule has 0 spiro atoms. The highest BCUT2D eigenvalue weighted by Gasteiger charge is 2.29. The Morgan fingerprint density at radius 3 is 2.88 bits per heavy atom. The number of hydrogen-bond donors (Lipinski definition) is 2.